The minimum absolute atomic E-state index is 0.378. The number of primary amides is 1. The van der Waals surface area contributed by atoms with Crippen LogP contribution in [0.3, 0.4) is 0 Å². The number of benzene rings is 2. The fourth-order valence-electron chi connectivity index (χ4n) is 3.16. The molecule has 0 aromatic heterocycles. The molecule has 0 fully saturated rings. The van der Waals surface area contributed by atoms with Gasteiger partial charge in [-0.3, -0.25) is 34.7 Å². The zero-order valence-corrected chi connectivity index (χ0v) is 19.5. The second kappa shape index (κ2) is 13.0. The number of nitrogens with one attached hydrogen (secondary N) is 2. The van der Waals surface area contributed by atoms with Gasteiger partial charge in [0.2, 0.25) is 0 Å². The summed E-state index contributed by atoms with van der Waals surface area (Å²) in [5, 5.41) is 64.2. The smallest absolute Gasteiger partial charge is 0.323 e. The van der Waals surface area contributed by atoms with Gasteiger partial charge in [-0.25, -0.2) is 4.79 Å². The van der Waals surface area contributed by atoms with Crippen molar-refractivity contribution < 1.29 is 44.7 Å². The second-order valence-corrected chi connectivity index (χ2v) is 7.74. The van der Waals surface area contributed by atoms with E-state index in [-0.39, 0.29) is 22.5 Å². The molecule has 0 spiro atoms. The highest BCUT2D eigenvalue weighted by Crippen LogP contribution is 2.33. The van der Waals surface area contributed by atoms with Crippen LogP contribution in [0.2, 0.25) is 0 Å². The maximum Gasteiger partial charge on any atom is 0.323 e. The molecule has 0 aliphatic heterocycles. The Morgan fingerprint density at radius 3 is 1.34 bits per heavy atom. The predicted molar refractivity (Wildman–Crippen MR) is 129 cm³/mol. The molecule has 17 heteroatoms. The van der Waals surface area contributed by atoms with Crippen molar-refractivity contribution >= 4 is 40.6 Å². The number of nitrogens with two attached hydrogens (primary N) is 1. The Hall–Kier alpha value is -4.71. The first-order valence-electron chi connectivity index (χ1n) is 10.7. The van der Waals surface area contributed by atoms with E-state index in [9.17, 15) is 55.0 Å². The first-order valence-corrected chi connectivity index (χ1v) is 10.7. The largest absolute Gasteiger partial charge is 0.394 e. The van der Waals surface area contributed by atoms with Gasteiger partial charge in [0.25, 0.3) is 23.2 Å². The second-order valence-electron chi connectivity index (χ2n) is 7.74. The van der Waals surface area contributed by atoms with Crippen LogP contribution < -0.4 is 21.3 Å². The van der Waals surface area contributed by atoms with Gasteiger partial charge in [-0.05, 0) is 12.1 Å². The van der Waals surface area contributed by atoms with Gasteiger partial charge in [0, 0.05) is 35.4 Å². The lowest BCUT2D eigenvalue weighted by molar-refractivity contribution is -0.384. The number of rotatable bonds is 12. The first kappa shape index (κ1) is 29.5. The van der Waals surface area contributed by atoms with Gasteiger partial charge in [0.05, 0.1) is 59.7 Å². The van der Waals surface area contributed by atoms with Crippen LogP contribution in [-0.4, -0.2) is 86.6 Å². The molecular weight excluding hydrogens is 512 g/mol. The van der Waals surface area contributed by atoms with Crippen molar-refractivity contribution in [2.45, 2.75) is 12.1 Å². The fraction of sp³-hybridized carbons (Fsp3) is 0.286. The number of urea groups is 1. The summed E-state index contributed by atoms with van der Waals surface area (Å²) in [7, 11) is 0. The topological polar surface area (TPSA) is 272 Å². The summed E-state index contributed by atoms with van der Waals surface area (Å²) in [5.74, 6) is -1.93. The normalized spacial score (nSPS) is 10.8. The van der Waals surface area contributed by atoms with Crippen LogP contribution >= 0.6 is 0 Å². The highest BCUT2D eigenvalue weighted by molar-refractivity contribution is 6.04. The standard InChI is InChI=1S/C21H24N6O11/c22-21(34)25(15-1-11(3-17(5-15)26(35)36)19(32)23-13(7-28)8-29)16-2-12(4-18(6-16)27(37)38)20(33)24-14(9-30)10-31/h1-6,13-14,28-31H,7-10H2,(H2,22,34)(H,23,32)(H,24,33). The van der Waals surface area contributed by atoms with Gasteiger partial charge in [-0.2, -0.15) is 0 Å². The number of anilines is 2. The molecule has 0 radical (unpaired) electrons. The lowest BCUT2D eigenvalue weighted by atomic mass is 10.1. The molecule has 2 aromatic carbocycles. The Morgan fingerprint density at radius 2 is 1.08 bits per heavy atom. The third-order valence-electron chi connectivity index (χ3n) is 5.04. The number of aliphatic hydroxyl groups is 4. The Labute approximate surface area is 213 Å². The molecule has 0 heterocycles. The van der Waals surface area contributed by atoms with E-state index in [0.717, 1.165) is 36.4 Å². The SMILES string of the molecule is NC(=O)N(c1cc(C(=O)NC(CO)CO)cc([N+](=O)[O-])c1)c1cc(C(=O)NC(CO)CO)cc([N+](=O)[O-])c1. The molecule has 0 saturated heterocycles. The summed E-state index contributed by atoms with van der Waals surface area (Å²) in [6.45, 7) is -2.60. The van der Waals surface area contributed by atoms with E-state index in [4.69, 9.17) is 5.73 Å². The molecule has 2 rings (SSSR count). The van der Waals surface area contributed by atoms with E-state index in [1.165, 1.54) is 0 Å². The van der Waals surface area contributed by atoms with Crippen LogP contribution in [0.25, 0.3) is 0 Å². The Bertz CT molecular complexity index is 1140. The maximum absolute atomic E-state index is 12.6. The maximum atomic E-state index is 12.6. The monoisotopic (exact) mass is 536 g/mol. The van der Waals surface area contributed by atoms with Gasteiger partial charge in [0.15, 0.2) is 0 Å². The molecule has 0 saturated carbocycles. The zero-order valence-electron chi connectivity index (χ0n) is 19.5. The number of carbonyl (C=O) groups is 3. The molecule has 17 nitrogen and oxygen atoms in total. The molecule has 204 valence electrons. The molecule has 8 N–H and O–H groups in total. The number of nitrogens with zero attached hydrogens (tertiary/aromatic N) is 3. The first-order chi connectivity index (χ1) is 17.9. The van der Waals surface area contributed by atoms with E-state index in [1.807, 2.05) is 0 Å². The van der Waals surface area contributed by atoms with E-state index in [2.05, 4.69) is 10.6 Å². The molecule has 0 aliphatic rings. The van der Waals surface area contributed by atoms with Crippen LogP contribution in [0.5, 0.6) is 0 Å². The average molecular weight is 536 g/mol. The molecule has 0 aliphatic carbocycles. The van der Waals surface area contributed by atoms with Crippen molar-refractivity contribution in [2.24, 2.45) is 5.73 Å². The fourth-order valence-corrected chi connectivity index (χ4v) is 3.16. The molecular formula is C21H24N6O11. The van der Waals surface area contributed by atoms with Gasteiger partial charge < -0.3 is 36.8 Å². The minimum Gasteiger partial charge on any atom is -0.394 e. The highest BCUT2D eigenvalue weighted by Gasteiger charge is 2.26. The zero-order chi connectivity index (χ0) is 28.6. The van der Waals surface area contributed by atoms with Crippen molar-refractivity contribution in [1.29, 1.82) is 0 Å². The van der Waals surface area contributed by atoms with Gasteiger partial charge in [-0.15, -0.1) is 0 Å². The lowest BCUT2D eigenvalue weighted by Gasteiger charge is -2.22. The molecule has 0 bridgehead atoms. The molecule has 38 heavy (non-hydrogen) atoms. The van der Waals surface area contributed by atoms with E-state index in [0.29, 0.717) is 4.90 Å². The number of amides is 4. The average Bonchev–Trinajstić information content (AvgIpc) is 2.89. The summed E-state index contributed by atoms with van der Waals surface area (Å²) in [6.07, 6.45) is 0. The summed E-state index contributed by atoms with van der Waals surface area (Å²) in [6, 6.07) is 1.88. The van der Waals surface area contributed by atoms with E-state index < -0.39 is 77.6 Å². The number of non-ortho nitro benzene ring substituents is 2. The molecule has 0 atom stereocenters. The Kier molecular flexibility index (Phi) is 10.1. The summed E-state index contributed by atoms with van der Waals surface area (Å²) in [4.78, 5) is 59.5. The molecule has 4 amide bonds. The van der Waals surface area contributed by atoms with Crippen LogP contribution in [0.15, 0.2) is 36.4 Å². The van der Waals surface area contributed by atoms with Gasteiger partial charge >= 0.3 is 6.03 Å². The van der Waals surface area contributed by atoms with E-state index in [1.54, 1.807) is 0 Å². The highest BCUT2D eigenvalue weighted by atomic mass is 16.6. The number of nitro groups is 2. The quantitative estimate of drug-likeness (QED) is 0.126. The van der Waals surface area contributed by atoms with Gasteiger partial charge in [0.1, 0.15) is 0 Å². The molecule has 0 unspecified atom stereocenters. The van der Waals surface area contributed by atoms with Crippen LogP contribution in [0.1, 0.15) is 20.7 Å². The predicted octanol–water partition coefficient (Wildman–Crippen LogP) is -1.11. The van der Waals surface area contributed by atoms with Crippen molar-refractivity contribution in [3.63, 3.8) is 0 Å². The van der Waals surface area contributed by atoms with Crippen molar-refractivity contribution in [2.75, 3.05) is 31.3 Å². The lowest BCUT2D eigenvalue weighted by Crippen LogP contribution is -2.40. The van der Waals surface area contributed by atoms with E-state index >= 15 is 0 Å². The summed E-state index contributed by atoms with van der Waals surface area (Å²) in [5.41, 5.74) is 2.58. The van der Waals surface area contributed by atoms with Crippen LogP contribution in [0.4, 0.5) is 27.5 Å². The number of nitro benzene ring substituents is 2. The Balaban J connectivity index is 2.69. The summed E-state index contributed by atoms with van der Waals surface area (Å²) >= 11 is 0. The van der Waals surface area contributed by atoms with Crippen molar-refractivity contribution in [3.05, 3.63) is 67.8 Å². The Morgan fingerprint density at radius 1 is 0.737 bits per heavy atom. The summed E-state index contributed by atoms with van der Waals surface area (Å²) < 4.78 is 0. The van der Waals surface area contributed by atoms with Gasteiger partial charge in [-0.1, -0.05) is 0 Å². The molecule has 2 aromatic rings. The van der Waals surface area contributed by atoms with Crippen LogP contribution in [0, 0.1) is 20.2 Å². The van der Waals surface area contributed by atoms with Crippen molar-refractivity contribution in [3.8, 4) is 0 Å². The third kappa shape index (κ3) is 7.17. The van der Waals surface area contributed by atoms with Crippen LogP contribution in [-0.2, 0) is 0 Å². The number of carbonyl (C=O) groups excluding carboxylic acids is 3. The third-order valence-corrected chi connectivity index (χ3v) is 5.04. The number of aliphatic hydroxyl groups excluding tert-OH is 4. The number of hydrogen-bond donors (Lipinski definition) is 7. The van der Waals surface area contributed by atoms with Crippen molar-refractivity contribution in [1.82, 2.24) is 10.6 Å². The minimum atomic E-state index is -1.30. The number of hydrogen-bond acceptors (Lipinski definition) is 11.